The largest absolute Gasteiger partial charge is 0.444 e. The van der Waals surface area contributed by atoms with E-state index >= 15 is 0 Å². The number of carbonyl (C=O) groups excluding carboxylic acids is 2. The van der Waals surface area contributed by atoms with Gasteiger partial charge in [-0.05, 0) is 24.6 Å². The Balaban J connectivity index is 2.19. The van der Waals surface area contributed by atoms with Gasteiger partial charge in [0.05, 0.1) is 11.1 Å². The Morgan fingerprint density at radius 2 is 1.76 bits per heavy atom. The number of alkyl halides is 3. The van der Waals surface area contributed by atoms with Crippen LogP contribution in [-0.2, 0) is 17.5 Å². The fourth-order valence-electron chi connectivity index (χ4n) is 2.04. The first-order valence-electron chi connectivity index (χ1n) is 7.08. The Bertz CT molecular complexity index is 788. The van der Waals surface area contributed by atoms with Crippen molar-refractivity contribution in [3.8, 4) is 0 Å². The van der Waals surface area contributed by atoms with Crippen molar-refractivity contribution in [2.24, 2.45) is 0 Å². The summed E-state index contributed by atoms with van der Waals surface area (Å²) < 4.78 is 57.4. The van der Waals surface area contributed by atoms with Crippen molar-refractivity contribution >= 4 is 17.6 Å². The quantitative estimate of drug-likeness (QED) is 0.633. The van der Waals surface area contributed by atoms with Crippen LogP contribution in [0.2, 0.25) is 0 Å². The number of Topliss-reactive ketones (excluding diaryl/α,β-unsaturated/α-hetero) is 1. The summed E-state index contributed by atoms with van der Waals surface area (Å²) in [4.78, 5) is 23.1. The number of nitrogens with one attached hydrogen (secondary N) is 1. The second-order valence-electron chi connectivity index (χ2n) is 5.13. The standard InChI is InChI=1S/C17H13F4NO3/c1-10(23)13-7-12(8-14(15(13)18)17(19,20)21)22-16(24)25-9-11-5-3-2-4-6-11/h2-8H,9H2,1H3,(H,22,24). The zero-order valence-electron chi connectivity index (χ0n) is 13.0. The smallest absolute Gasteiger partial charge is 0.419 e. The molecule has 2 aromatic carbocycles. The van der Waals surface area contributed by atoms with E-state index in [1.165, 1.54) is 0 Å². The Kier molecular flexibility index (Phi) is 5.41. The van der Waals surface area contributed by atoms with Gasteiger partial charge in [-0.1, -0.05) is 30.3 Å². The highest BCUT2D eigenvalue weighted by atomic mass is 19.4. The maximum atomic E-state index is 13.8. The molecule has 0 radical (unpaired) electrons. The van der Waals surface area contributed by atoms with E-state index in [1.54, 1.807) is 30.3 Å². The van der Waals surface area contributed by atoms with Gasteiger partial charge in [-0.3, -0.25) is 10.1 Å². The first-order valence-corrected chi connectivity index (χ1v) is 7.08. The van der Waals surface area contributed by atoms with E-state index < -0.39 is 40.7 Å². The highest BCUT2D eigenvalue weighted by Crippen LogP contribution is 2.35. The third-order valence-corrected chi connectivity index (χ3v) is 3.22. The van der Waals surface area contributed by atoms with Crippen LogP contribution < -0.4 is 5.32 Å². The van der Waals surface area contributed by atoms with Gasteiger partial charge < -0.3 is 4.74 Å². The number of benzene rings is 2. The Morgan fingerprint density at radius 3 is 2.32 bits per heavy atom. The van der Waals surface area contributed by atoms with Crippen molar-refractivity contribution in [3.05, 3.63) is 65.0 Å². The van der Waals surface area contributed by atoms with Crippen LogP contribution in [0.1, 0.15) is 28.4 Å². The number of ether oxygens (including phenoxy) is 1. The molecule has 25 heavy (non-hydrogen) atoms. The fraction of sp³-hybridized carbons (Fsp3) is 0.176. The third-order valence-electron chi connectivity index (χ3n) is 3.22. The summed E-state index contributed by atoms with van der Waals surface area (Å²) in [6, 6.07) is 9.85. The van der Waals surface area contributed by atoms with Gasteiger partial charge in [-0.15, -0.1) is 0 Å². The molecular weight excluding hydrogens is 342 g/mol. The monoisotopic (exact) mass is 355 g/mol. The van der Waals surface area contributed by atoms with Gasteiger partial charge in [0.1, 0.15) is 12.4 Å². The van der Waals surface area contributed by atoms with Crippen LogP contribution in [0.15, 0.2) is 42.5 Å². The molecule has 0 spiro atoms. The molecular formula is C17H13F4NO3. The van der Waals surface area contributed by atoms with Crippen molar-refractivity contribution in [1.29, 1.82) is 0 Å². The lowest BCUT2D eigenvalue weighted by Gasteiger charge is -2.14. The van der Waals surface area contributed by atoms with Gasteiger partial charge >= 0.3 is 12.3 Å². The molecule has 0 aliphatic carbocycles. The molecule has 132 valence electrons. The van der Waals surface area contributed by atoms with Crippen molar-refractivity contribution in [2.75, 3.05) is 5.32 Å². The summed E-state index contributed by atoms with van der Waals surface area (Å²) in [5.41, 5.74) is -2.12. The number of halogens is 4. The zero-order valence-corrected chi connectivity index (χ0v) is 13.0. The molecule has 0 aliphatic heterocycles. The first-order chi connectivity index (χ1) is 11.7. The highest BCUT2D eigenvalue weighted by molar-refractivity contribution is 5.96. The predicted octanol–water partition coefficient (Wildman–Crippen LogP) is 4.80. The molecule has 0 saturated carbocycles. The topological polar surface area (TPSA) is 55.4 Å². The Morgan fingerprint density at radius 1 is 1.12 bits per heavy atom. The zero-order chi connectivity index (χ0) is 18.6. The van der Waals surface area contributed by atoms with Gasteiger partial charge in [0, 0.05) is 5.69 Å². The Hall–Kier alpha value is -2.90. The molecule has 0 bridgehead atoms. The lowest BCUT2D eigenvalue weighted by Crippen LogP contribution is -2.17. The van der Waals surface area contributed by atoms with Crippen LogP contribution in [0, 0.1) is 5.82 Å². The van der Waals surface area contributed by atoms with Crippen LogP contribution in [0.3, 0.4) is 0 Å². The molecule has 1 N–H and O–H groups in total. The second kappa shape index (κ2) is 7.33. The Labute approximate surface area is 140 Å². The fourth-order valence-corrected chi connectivity index (χ4v) is 2.04. The molecule has 4 nitrogen and oxygen atoms in total. The average molecular weight is 355 g/mol. The summed E-state index contributed by atoms with van der Waals surface area (Å²) in [7, 11) is 0. The van der Waals surface area contributed by atoms with Gasteiger partial charge in [-0.2, -0.15) is 13.2 Å². The molecule has 2 aromatic rings. The van der Waals surface area contributed by atoms with Crippen molar-refractivity contribution in [2.45, 2.75) is 19.7 Å². The van der Waals surface area contributed by atoms with Gasteiger partial charge in [0.2, 0.25) is 0 Å². The van der Waals surface area contributed by atoms with Crippen LogP contribution in [0.5, 0.6) is 0 Å². The van der Waals surface area contributed by atoms with Gasteiger partial charge in [0.15, 0.2) is 5.78 Å². The van der Waals surface area contributed by atoms with E-state index in [0.29, 0.717) is 11.6 Å². The summed E-state index contributed by atoms with van der Waals surface area (Å²) in [5, 5.41) is 2.07. The number of ketones is 1. The molecule has 0 fully saturated rings. The van der Waals surface area contributed by atoms with Crippen molar-refractivity contribution in [1.82, 2.24) is 0 Å². The third kappa shape index (κ3) is 4.79. The summed E-state index contributed by atoms with van der Waals surface area (Å²) in [6.45, 7) is 0.829. The van der Waals surface area contributed by atoms with E-state index in [1.807, 2.05) is 0 Å². The minimum Gasteiger partial charge on any atom is -0.444 e. The molecule has 0 aliphatic rings. The van der Waals surface area contributed by atoms with Crippen molar-refractivity contribution in [3.63, 3.8) is 0 Å². The normalized spacial score (nSPS) is 11.1. The highest BCUT2D eigenvalue weighted by Gasteiger charge is 2.36. The number of carbonyl (C=O) groups is 2. The van der Waals surface area contributed by atoms with E-state index in [2.05, 4.69) is 5.32 Å². The van der Waals surface area contributed by atoms with Crippen LogP contribution in [-0.4, -0.2) is 11.9 Å². The van der Waals surface area contributed by atoms with Gasteiger partial charge in [-0.25, -0.2) is 9.18 Å². The van der Waals surface area contributed by atoms with E-state index in [0.717, 1.165) is 13.0 Å². The first kappa shape index (κ1) is 18.4. The number of amides is 1. The lowest BCUT2D eigenvalue weighted by atomic mass is 10.0. The average Bonchev–Trinajstić information content (AvgIpc) is 2.54. The molecule has 0 atom stereocenters. The molecule has 2 rings (SSSR count). The molecule has 0 saturated heterocycles. The van der Waals surface area contributed by atoms with E-state index in [9.17, 15) is 27.2 Å². The minimum absolute atomic E-state index is 0.0977. The van der Waals surface area contributed by atoms with E-state index in [-0.39, 0.29) is 6.61 Å². The van der Waals surface area contributed by atoms with Crippen LogP contribution >= 0.6 is 0 Å². The maximum Gasteiger partial charge on any atom is 0.419 e. The van der Waals surface area contributed by atoms with Crippen LogP contribution in [0.4, 0.5) is 28.0 Å². The van der Waals surface area contributed by atoms with Crippen LogP contribution in [0.25, 0.3) is 0 Å². The summed E-state index contributed by atoms with van der Waals surface area (Å²) >= 11 is 0. The molecule has 8 heteroatoms. The minimum atomic E-state index is -5.01. The maximum absolute atomic E-state index is 13.8. The molecule has 0 heterocycles. The number of hydrogen-bond acceptors (Lipinski definition) is 3. The van der Waals surface area contributed by atoms with Gasteiger partial charge in [0.25, 0.3) is 0 Å². The number of anilines is 1. The number of hydrogen-bond donors (Lipinski definition) is 1. The molecule has 1 amide bonds. The second-order valence-corrected chi connectivity index (χ2v) is 5.13. The summed E-state index contributed by atoms with van der Waals surface area (Å²) in [6.07, 6.45) is -6.04. The lowest BCUT2D eigenvalue weighted by molar-refractivity contribution is -0.139. The van der Waals surface area contributed by atoms with E-state index in [4.69, 9.17) is 4.74 Å². The SMILES string of the molecule is CC(=O)c1cc(NC(=O)OCc2ccccc2)cc(C(F)(F)F)c1F. The van der Waals surface area contributed by atoms with Crippen molar-refractivity contribution < 1.29 is 31.9 Å². The molecule has 0 aromatic heterocycles. The predicted molar refractivity (Wildman–Crippen MR) is 81.7 cm³/mol. The summed E-state index contributed by atoms with van der Waals surface area (Å²) in [5.74, 6) is -2.58. The molecule has 0 unspecified atom stereocenters. The number of rotatable bonds is 4.